The van der Waals surface area contributed by atoms with Crippen molar-refractivity contribution >= 4 is 15.9 Å². The number of hydrogen-bond donors (Lipinski definition) is 0. The molecule has 5 heteroatoms. The van der Waals surface area contributed by atoms with Crippen molar-refractivity contribution in [3.05, 3.63) is 22.3 Å². The molecular weight excluding hydrogens is 310 g/mol. The fraction of sp³-hybridized carbons (Fsp3) is 0.643. The third-order valence-corrected chi connectivity index (χ3v) is 3.94. The van der Waals surface area contributed by atoms with E-state index in [0.29, 0.717) is 25.7 Å². The van der Waals surface area contributed by atoms with E-state index < -0.39 is 5.79 Å². The maximum absolute atomic E-state index is 5.76. The van der Waals surface area contributed by atoms with Gasteiger partial charge in [0.05, 0.1) is 25.5 Å². The number of aromatic nitrogens is 1. The van der Waals surface area contributed by atoms with Crippen LogP contribution in [0, 0.1) is 12.3 Å². The van der Waals surface area contributed by atoms with E-state index in [4.69, 9.17) is 14.2 Å². The Balaban J connectivity index is 1.93. The van der Waals surface area contributed by atoms with Gasteiger partial charge in [-0.2, -0.15) is 0 Å². The average molecular weight is 330 g/mol. The number of ether oxygens (including phenoxy) is 3. The molecule has 19 heavy (non-hydrogen) atoms. The van der Waals surface area contributed by atoms with Gasteiger partial charge in [0.25, 0.3) is 0 Å². The highest BCUT2D eigenvalue weighted by Gasteiger charge is 2.37. The fourth-order valence-electron chi connectivity index (χ4n) is 1.71. The molecule has 0 bridgehead atoms. The van der Waals surface area contributed by atoms with Gasteiger partial charge in [-0.05, 0) is 42.8 Å². The zero-order valence-corrected chi connectivity index (χ0v) is 13.4. The van der Waals surface area contributed by atoms with Crippen LogP contribution < -0.4 is 4.74 Å². The van der Waals surface area contributed by atoms with Crippen molar-refractivity contribution in [2.45, 2.75) is 33.5 Å². The van der Waals surface area contributed by atoms with Crippen LogP contribution in [0.2, 0.25) is 0 Å². The Bertz CT molecular complexity index is 452. The van der Waals surface area contributed by atoms with Gasteiger partial charge in [0.1, 0.15) is 0 Å². The predicted molar refractivity (Wildman–Crippen MR) is 76.3 cm³/mol. The number of rotatable bonds is 3. The molecule has 1 fully saturated rings. The summed E-state index contributed by atoms with van der Waals surface area (Å²) in [5.74, 6) is 0.137. The third kappa shape index (κ3) is 3.91. The molecule has 0 atom stereocenters. The summed E-state index contributed by atoms with van der Waals surface area (Å²) in [4.78, 5) is 4.37. The molecule has 1 aromatic heterocycles. The minimum Gasteiger partial charge on any atom is -0.477 e. The maximum Gasteiger partial charge on any atom is 0.213 e. The van der Waals surface area contributed by atoms with Gasteiger partial charge in [-0.25, -0.2) is 4.98 Å². The number of aryl methyl sites for hydroxylation is 1. The Hall–Kier alpha value is -0.650. The molecule has 4 nitrogen and oxygen atoms in total. The Labute approximate surface area is 122 Å². The van der Waals surface area contributed by atoms with Crippen molar-refractivity contribution < 1.29 is 14.2 Å². The summed E-state index contributed by atoms with van der Waals surface area (Å²) in [5.41, 5.74) is 0.776. The smallest absolute Gasteiger partial charge is 0.213 e. The van der Waals surface area contributed by atoms with Gasteiger partial charge in [-0.3, -0.25) is 0 Å². The lowest BCUT2D eigenvalue weighted by Gasteiger charge is -2.40. The highest BCUT2D eigenvalue weighted by Crippen LogP contribution is 2.30. The second-order valence-electron chi connectivity index (χ2n) is 5.79. The van der Waals surface area contributed by atoms with Crippen molar-refractivity contribution in [3.63, 3.8) is 0 Å². The summed E-state index contributed by atoms with van der Waals surface area (Å²) >= 11 is 3.42. The van der Waals surface area contributed by atoms with E-state index in [0.717, 1.165) is 10.2 Å². The second-order valence-corrected chi connectivity index (χ2v) is 6.65. The van der Waals surface area contributed by atoms with Gasteiger partial charge in [-0.1, -0.05) is 6.92 Å². The fourth-order valence-corrected chi connectivity index (χ4v) is 1.93. The van der Waals surface area contributed by atoms with Gasteiger partial charge in [-0.15, -0.1) is 0 Å². The third-order valence-electron chi connectivity index (χ3n) is 3.10. The van der Waals surface area contributed by atoms with Crippen molar-refractivity contribution in [1.82, 2.24) is 4.98 Å². The van der Waals surface area contributed by atoms with Gasteiger partial charge < -0.3 is 14.2 Å². The quantitative estimate of drug-likeness (QED) is 0.852. The van der Waals surface area contributed by atoms with E-state index in [1.165, 1.54) is 0 Å². The largest absolute Gasteiger partial charge is 0.477 e. The van der Waals surface area contributed by atoms with E-state index in [2.05, 4.69) is 27.8 Å². The maximum atomic E-state index is 5.76. The van der Waals surface area contributed by atoms with Crippen LogP contribution in [0.5, 0.6) is 5.88 Å². The van der Waals surface area contributed by atoms with Crippen molar-refractivity contribution in [3.8, 4) is 5.88 Å². The molecule has 0 unspecified atom stereocenters. The zero-order chi connectivity index (χ0) is 14.1. The van der Waals surface area contributed by atoms with Crippen molar-refractivity contribution in [2.24, 2.45) is 5.41 Å². The molecule has 1 saturated heterocycles. The van der Waals surface area contributed by atoms with Gasteiger partial charge in [0.15, 0.2) is 5.79 Å². The van der Waals surface area contributed by atoms with Crippen LogP contribution in [0.25, 0.3) is 0 Å². The summed E-state index contributed by atoms with van der Waals surface area (Å²) in [5, 5.41) is 0. The average Bonchev–Trinajstić information content (AvgIpc) is 2.36. The van der Waals surface area contributed by atoms with Crippen LogP contribution >= 0.6 is 15.9 Å². The summed E-state index contributed by atoms with van der Waals surface area (Å²) in [6.45, 7) is 9.64. The van der Waals surface area contributed by atoms with Crippen LogP contribution in [0.1, 0.15) is 26.5 Å². The summed E-state index contributed by atoms with van der Waals surface area (Å²) in [7, 11) is 0. The number of nitrogens with zero attached hydrogens (tertiary/aromatic N) is 1. The summed E-state index contributed by atoms with van der Waals surface area (Å²) in [6, 6.07) is 3.80. The molecule has 0 radical (unpaired) electrons. The summed E-state index contributed by atoms with van der Waals surface area (Å²) in [6.07, 6.45) is 0. The molecule has 2 heterocycles. The van der Waals surface area contributed by atoms with Crippen LogP contribution in [0.15, 0.2) is 16.6 Å². The standard InChI is InChI=1S/C14H20BrNO3/c1-10-11(15)5-6-12(16-10)17-7-14(4)8-18-13(2,3)19-9-14/h5-6H,7-9H2,1-4H3. The van der Waals surface area contributed by atoms with E-state index in [9.17, 15) is 0 Å². The van der Waals surface area contributed by atoms with E-state index >= 15 is 0 Å². The van der Waals surface area contributed by atoms with Crippen molar-refractivity contribution in [2.75, 3.05) is 19.8 Å². The molecule has 0 aliphatic carbocycles. The van der Waals surface area contributed by atoms with Crippen molar-refractivity contribution in [1.29, 1.82) is 0 Å². The first-order chi connectivity index (χ1) is 8.80. The van der Waals surface area contributed by atoms with E-state index in [1.807, 2.05) is 32.9 Å². The minimum atomic E-state index is -0.494. The predicted octanol–water partition coefficient (Wildman–Crippen LogP) is 3.32. The highest BCUT2D eigenvalue weighted by atomic mass is 79.9. The van der Waals surface area contributed by atoms with E-state index in [-0.39, 0.29) is 5.41 Å². The molecule has 0 aromatic carbocycles. The summed E-state index contributed by atoms with van der Waals surface area (Å²) < 4.78 is 18.1. The monoisotopic (exact) mass is 329 g/mol. The molecule has 1 aliphatic rings. The van der Waals surface area contributed by atoms with Crippen LogP contribution in [-0.2, 0) is 9.47 Å². The lowest BCUT2D eigenvalue weighted by atomic mass is 9.93. The van der Waals surface area contributed by atoms with Crippen LogP contribution in [-0.4, -0.2) is 30.6 Å². The van der Waals surface area contributed by atoms with Gasteiger partial charge in [0.2, 0.25) is 5.88 Å². The number of halogens is 1. The number of pyridine rings is 1. The molecule has 2 rings (SSSR count). The molecule has 0 spiro atoms. The Kier molecular flexibility index (Phi) is 4.18. The second kappa shape index (κ2) is 5.38. The molecule has 0 amide bonds. The molecule has 0 saturated carbocycles. The first kappa shape index (κ1) is 14.8. The highest BCUT2D eigenvalue weighted by molar-refractivity contribution is 9.10. The minimum absolute atomic E-state index is 0.141. The molecule has 106 valence electrons. The van der Waals surface area contributed by atoms with Crippen LogP contribution in [0.4, 0.5) is 0 Å². The normalized spacial score (nSPS) is 21.1. The molecule has 1 aliphatic heterocycles. The SMILES string of the molecule is Cc1nc(OCC2(C)COC(C)(C)OC2)ccc1Br. The van der Waals surface area contributed by atoms with Crippen LogP contribution in [0.3, 0.4) is 0 Å². The zero-order valence-electron chi connectivity index (χ0n) is 11.8. The Morgan fingerprint density at radius 3 is 2.47 bits per heavy atom. The van der Waals surface area contributed by atoms with Gasteiger partial charge >= 0.3 is 0 Å². The van der Waals surface area contributed by atoms with E-state index in [1.54, 1.807) is 0 Å². The topological polar surface area (TPSA) is 40.6 Å². The Morgan fingerprint density at radius 2 is 1.89 bits per heavy atom. The molecular formula is C14H20BrNO3. The number of hydrogen-bond acceptors (Lipinski definition) is 4. The molecule has 0 N–H and O–H groups in total. The lowest BCUT2D eigenvalue weighted by Crippen LogP contribution is -2.47. The Morgan fingerprint density at radius 1 is 1.26 bits per heavy atom. The first-order valence-corrected chi connectivity index (χ1v) is 7.13. The lowest BCUT2D eigenvalue weighted by molar-refractivity contribution is -0.285. The van der Waals surface area contributed by atoms with Gasteiger partial charge in [0, 0.05) is 16.0 Å². The first-order valence-electron chi connectivity index (χ1n) is 6.34. The molecule has 1 aromatic rings.